The minimum atomic E-state index is 0.339. The van der Waals surface area contributed by atoms with E-state index in [-0.39, 0.29) is 0 Å². The summed E-state index contributed by atoms with van der Waals surface area (Å²) in [4.78, 5) is 4.20. The number of hydrogen-bond donors (Lipinski definition) is 1. The summed E-state index contributed by atoms with van der Waals surface area (Å²) in [5.74, 6) is 1.48. The molecule has 0 saturated heterocycles. The first-order valence-corrected chi connectivity index (χ1v) is 7.13. The number of fused-ring (bicyclic) bond motifs is 1. The standard InChI is InChI=1S/C16H13BrN2O2/c1-20-15-7-6-14(18)16(19-15)21-13-5-3-10-8-12(17)4-2-11(10)9-13/h2-9H,18H2,1H3. The van der Waals surface area contributed by atoms with Crippen molar-refractivity contribution in [1.29, 1.82) is 0 Å². The number of nitrogens with zero attached hydrogens (tertiary/aromatic N) is 1. The van der Waals surface area contributed by atoms with E-state index in [1.165, 1.54) is 0 Å². The van der Waals surface area contributed by atoms with E-state index >= 15 is 0 Å². The van der Waals surface area contributed by atoms with Gasteiger partial charge in [0, 0.05) is 10.5 Å². The average molecular weight is 345 g/mol. The summed E-state index contributed by atoms with van der Waals surface area (Å²) in [5, 5.41) is 2.21. The highest BCUT2D eigenvalue weighted by molar-refractivity contribution is 9.10. The maximum absolute atomic E-state index is 5.88. The molecule has 0 bridgehead atoms. The van der Waals surface area contributed by atoms with Gasteiger partial charge in [-0.25, -0.2) is 0 Å². The molecular weight excluding hydrogens is 332 g/mol. The Morgan fingerprint density at radius 3 is 2.57 bits per heavy atom. The van der Waals surface area contributed by atoms with E-state index in [2.05, 4.69) is 27.0 Å². The highest BCUT2D eigenvalue weighted by Crippen LogP contribution is 2.30. The van der Waals surface area contributed by atoms with E-state index in [1.54, 1.807) is 19.2 Å². The summed E-state index contributed by atoms with van der Waals surface area (Å²) in [6.07, 6.45) is 0. The van der Waals surface area contributed by atoms with Crippen molar-refractivity contribution in [2.75, 3.05) is 12.8 Å². The molecule has 5 heteroatoms. The molecule has 106 valence electrons. The number of benzene rings is 2. The summed E-state index contributed by atoms with van der Waals surface area (Å²) >= 11 is 3.46. The third kappa shape index (κ3) is 2.92. The summed E-state index contributed by atoms with van der Waals surface area (Å²) in [5.41, 5.74) is 6.34. The Morgan fingerprint density at radius 2 is 1.76 bits per heavy atom. The van der Waals surface area contributed by atoms with Gasteiger partial charge in [-0.05, 0) is 41.1 Å². The number of nitrogen functional groups attached to an aromatic ring is 1. The summed E-state index contributed by atoms with van der Waals surface area (Å²) < 4.78 is 11.9. The average Bonchev–Trinajstić information content (AvgIpc) is 2.49. The normalized spacial score (nSPS) is 10.6. The monoisotopic (exact) mass is 344 g/mol. The molecule has 0 aliphatic rings. The quantitative estimate of drug-likeness (QED) is 0.765. The number of aromatic nitrogens is 1. The molecule has 3 aromatic rings. The maximum Gasteiger partial charge on any atom is 0.246 e. The Balaban J connectivity index is 1.96. The molecule has 21 heavy (non-hydrogen) atoms. The van der Waals surface area contributed by atoms with Crippen LogP contribution in [-0.4, -0.2) is 12.1 Å². The van der Waals surface area contributed by atoms with Crippen molar-refractivity contribution in [3.8, 4) is 17.5 Å². The first-order valence-electron chi connectivity index (χ1n) is 6.33. The highest BCUT2D eigenvalue weighted by Gasteiger charge is 2.07. The zero-order chi connectivity index (χ0) is 14.8. The van der Waals surface area contributed by atoms with Gasteiger partial charge in [-0.2, -0.15) is 4.98 Å². The van der Waals surface area contributed by atoms with Crippen LogP contribution in [0.2, 0.25) is 0 Å². The largest absolute Gasteiger partial charge is 0.481 e. The van der Waals surface area contributed by atoms with Crippen molar-refractivity contribution < 1.29 is 9.47 Å². The first-order chi connectivity index (χ1) is 10.2. The first kappa shape index (κ1) is 13.7. The maximum atomic E-state index is 5.88. The third-order valence-corrected chi connectivity index (χ3v) is 3.55. The molecule has 0 atom stereocenters. The summed E-state index contributed by atoms with van der Waals surface area (Å²) in [6, 6.07) is 15.3. The Bertz CT molecular complexity index is 805. The SMILES string of the molecule is COc1ccc(N)c(Oc2ccc3cc(Br)ccc3c2)n1. The molecular formula is C16H13BrN2O2. The summed E-state index contributed by atoms with van der Waals surface area (Å²) in [6.45, 7) is 0. The number of rotatable bonds is 3. The van der Waals surface area contributed by atoms with Crippen LogP contribution in [0.4, 0.5) is 5.69 Å². The van der Waals surface area contributed by atoms with E-state index in [0.29, 0.717) is 23.2 Å². The van der Waals surface area contributed by atoms with Crippen molar-refractivity contribution in [1.82, 2.24) is 4.98 Å². The number of nitrogens with two attached hydrogens (primary N) is 1. The fraction of sp³-hybridized carbons (Fsp3) is 0.0625. The Hall–Kier alpha value is -2.27. The molecule has 0 radical (unpaired) electrons. The van der Waals surface area contributed by atoms with Gasteiger partial charge in [0.25, 0.3) is 0 Å². The van der Waals surface area contributed by atoms with Crippen LogP contribution < -0.4 is 15.2 Å². The number of ether oxygens (including phenoxy) is 2. The number of methoxy groups -OCH3 is 1. The molecule has 0 fully saturated rings. The van der Waals surface area contributed by atoms with Gasteiger partial charge in [-0.15, -0.1) is 0 Å². The van der Waals surface area contributed by atoms with Crippen LogP contribution in [0.3, 0.4) is 0 Å². The topological polar surface area (TPSA) is 57.4 Å². The van der Waals surface area contributed by atoms with Gasteiger partial charge in [0.2, 0.25) is 11.8 Å². The van der Waals surface area contributed by atoms with Crippen LogP contribution in [0.15, 0.2) is 53.0 Å². The number of hydrogen-bond acceptors (Lipinski definition) is 4. The molecule has 0 unspecified atom stereocenters. The Kier molecular flexibility index (Phi) is 3.66. The summed E-state index contributed by atoms with van der Waals surface area (Å²) in [7, 11) is 1.55. The number of halogens is 1. The smallest absolute Gasteiger partial charge is 0.246 e. The van der Waals surface area contributed by atoms with Crippen molar-refractivity contribution in [2.24, 2.45) is 0 Å². The van der Waals surface area contributed by atoms with Crippen molar-refractivity contribution >= 4 is 32.4 Å². The molecule has 3 rings (SSSR count). The van der Waals surface area contributed by atoms with Gasteiger partial charge in [0.05, 0.1) is 12.8 Å². The molecule has 2 N–H and O–H groups in total. The minimum Gasteiger partial charge on any atom is -0.481 e. The number of pyridine rings is 1. The predicted molar refractivity (Wildman–Crippen MR) is 86.9 cm³/mol. The van der Waals surface area contributed by atoms with E-state index in [1.807, 2.05) is 30.3 Å². The van der Waals surface area contributed by atoms with E-state index in [0.717, 1.165) is 15.2 Å². The lowest BCUT2D eigenvalue weighted by Crippen LogP contribution is -1.97. The van der Waals surface area contributed by atoms with Crippen molar-refractivity contribution in [3.05, 3.63) is 53.0 Å². The van der Waals surface area contributed by atoms with E-state index < -0.39 is 0 Å². The fourth-order valence-corrected chi connectivity index (χ4v) is 2.38. The van der Waals surface area contributed by atoms with Crippen molar-refractivity contribution in [2.45, 2.75) is 0 Å². The third-order valence-electron chi connectivity index (χ3n) is 3.06. The second-order valence-electron chi connectivity index (χ2n) is 4.50. The lowest BCUT2D eigenvalue weighted by molar-refractivity contribution is 0.384. The lowest BCUT2D eigenvalue weighted by atomic mass is 10.1. The molecule has 0 saturated carbocycles. The molecule has 1 aromatic heterocycles. The molecule has 4 nitrogen and oxygen atoms in total. The molecule has 0 aliphatic carbocycles. The van der Waals surface area contributed by atoms with Crippen LogP contribution >= 0.6 is 15.9 Å². The zero-order valence-corrected chi connectivity index (χ0v) is 12.9. The van der Waals surface area contributed by atoms with Gasteiger partial charge >= 0.3 is 0 Å². The van der Waals surface area contributed by atoms with Crippen LogP contribution in [0.25, 0.3) is 10.8 Å². The lowest BCUT2D eigenvalue weighted by Gasteiger charge is -2.09. The van der Waals surface area contributed by atoms with E-state index in [4.69, 9.17) is 15.2 Å². The van der Waals surface area contributed by atoms with Crippen LogP contribution in [0.1, 0.15) is 0 Å². The molecule has 0 spiro atoms. The fourth-order valence-electron chi connectivity index (χ4n) is 2.00. The van der Waals surface area contributed by atoms with Crippen LogP contribution in [0.5, 0.6) is 17.5 Å². The van der Waals surface area contributed by atoms with Gasteiger partial charge in [-0.1, -0.05) is 28.1 Å². The van der Waals surface area contributed by atoms with Gasteiger partial charge in [0.15, 0.2) is 0 Å². The minimum absolute atomic E-state index is 0.339. The van der Waals surface area contributed by atoms with Crippen LogP contribution in [-0.2, 0) is 0 Å². The predicted octanol–water partition coefficient (Wildman–Crippen LogP) is 4.38. The van der Waals surface area contributed by atoms with E-state index in [9.17, 15) is 0 Å². The van der Waals surface area contributed by atoms with Gasteiger partial charge < -0.3 is 15.2 Å². The van der Waals surface area contributed by atoms with Gasteiger partial charge in [0.1, 0.15) is 5.75 Å². The molecule has 0 aliphatic heterocycles. The Labute approximate surface area is 130 Å². The Morgan fingerprint density at radius 1 is 1.00 bits per heavy atom. The molecule has 0 amide bonds. The molecule has 2 aromatic carbocycles. The highest BCUT2D eigenvalue weighted by atomic mass is 79.9. The zero-order valence-electron chi connectivity index (χ0n) is 11.3. The van der Waals surface area contributed by atoms with Crippen molar-refractivity contribution in [3.63, 3.8) is 0 Å². The second kappa shape index (κ2) is 5.61. The van der Waals surface area contributed by atoms with Gasteiger partial charge in [-0.3, -0.25) is 0 Å². The second-order valence-corrected chi connectivity index (χ2v) is 5.42. The van der Waals surface area contributed by atoms with Crippen LogP contribution in [0, 0.1) is 0 Å². The molecule has 1 heterocycles. The number of anilines is 1.